The summed E-state index contributed by atoms with van der Waals surface area (Å²) in [5.74, 6) is 0.935. The quantitative estimate of drug-likeness (QED) is 0.829. The first-order valence-corrected chi connectivity index (χ1v) is 8.20. The second kappa shape index (κ2) is 6.38. The number of hydrogen-bond donors (Lipinski definition) is 1. The van der Waals surface area contributed by atoms with Crippen LogP contribution in [0.1, 0.15) is 72.1 Å². The van der Waals surface area contributed by atoms with Crippen molar-refractivity contribution >= 4 is 0 Å². The molecule has 1 aliphatic heterocycles. The van der Waals surface area contributed by atoms with Crippen LogP contribution in [0.5, 0.6) is 0 Å². The molecule has 1 saturated carbocycles. The molecule has 106 valence electrons. The van der Waals surface area contributed by atoms with Gasteiger partial charge in [0.05, 0.1) is 0 Å². The summed E-state index contributed by atoms with van der Waals surface area (Å²) in [5, 5.41) is 0. The predicted octanol–water partition coefficient (Wildman–Crippen LogP) is 3.55. The summed E-state index contributed by atoms with van der Waals surface area (Å²) in [7, 11) is 0. The molecule has 1 heterocycles. The predicted molar refractivity (Wildman–Crippen MR) is 78.6 cm³/mol. The minimum Gasteiger partial charge on any atom is -0.326 e. The lowest BCUT2D eigenvalue weighted by Crippen LogP contribution is -2.54. The van der Waals surface area contributed by atoms with E-state index in [-0.39, 0.29) is 0 Å². The highest BCUT2D eigenvalue weighted by Gasteiger charge is 2.40. The molecule has 18 heavy (non-hydrogen) atoms. The van der Waals surface area contributed by atoms with E-state index < -0.39 is 0 Å². The number of hydrogen-bond acceptors (Lipinski definition) is 2. The largest absolute Gasteiger partial charge is 0.326 e. The molecule has 0 aromatic rings. The summed E-state index contributed by atoms with van der Waals surface area (Å²) in [4.78, 5) is 2.80. The van der Waals surface area contributed by atoms with Crippen LogP contribution < -0.4 is 5.73 Å². The average molecular weight is 252 g/mol. The summed E-state index contributed by atoms with van der Waals surface area (Å²) in [6, 6.07) is 2.65. The Bertz CT molecular complexity index is 253. The smallest absolute Gasteiger partial charge is 0.0255 e. The minimum atomic E-state index is 0.424. The second-order valence-corrected chi connectivity index (χ2v) is 6.63. The first kappa shape index (κ1) is 14.3. The number of rotatable bonds is 4. The maximum Gasteiger partial charge on any atom is 0.0255 e. The zero-order valence-corrected chi connectivity index (χ0v) is 12.6. The van der Waals surface area contributed by atoms with Gasteiger partial charge in [0.1, 0.15) is 0 Å². The van der Waals surface area contributed by atoms with Crippen LogP contribution in [-0.4, -0.2) is 29.1 Å². The van der Waals surface area contributed by atoms with Gasteiger partial charge in [-0.15, -0.1) is 0 Å². The lowest BCUT2D eigenvalue weighted by molar-refractivity contribution is 0.0680. The molecule has 5 unspecified atom stereocenters. The van der Waals surface area contributed by atoms with Gasteiger partial charge in [0.15, 0.2) is 0 Å². The van der Waals surface area contributed by atoms with Gasteiger partial charge in [-0.3, -0.25) is 4.90 Å². The van der Waals surface area contributed by atoms with E-state index in [0.29, 0.717) is 12.1 Å². The highest BCUT2D eigenvalue weighted by atomic mass is 15.2. The van der Waals surface area contributed by atoms with Crippen LogP contribution in [-0.2, 0) is 0 Å². The molecule has 1 aliphatic carbocycles. The number of nitrogens with zero attached hydrogens (tertiary/aromatic N) is 1. The summed E-state index contributed by atoms with van der Waals surface area (Å²) >= 11 is 0. The van der Waals surface area contributed by atoms with Gasteiger partial charge in [-0.2, -0.15) is 0 Å². The van der Waals surface area contributed by atoms with Crippen molar-refractivity contribution < 1.29 is 0 Å². The summed E-state index contributed by atoms with van der Waals surface area (Å²) in [5.41, 5.74) is 6.45. The third-order valence-corrected chi connectivity index (χ3v) is 5.38. The van der Waals surface area contributed by atoms with Gasteiger partial charge in [-0.1, -0.05) is 26.7 Å². The number of likely N-dealkylation sites (tertiary alicyclic amines) is 1. The van der Waals surface area contributed by atoms with E-state index in [4.69, 9.17) is 5.73 Å². The van der Waals surface area contributed by atoms with Crippen LogP contribution in [0.2, 0.25) is 0 Å². The molecule has 2 N–H and O–H groups in total. The normalized spacial score (nSPS) is 42.3. The summed E-state index contributed by atoms with van der Waals surface area (Å²) < 4.78 is 0. The van der Waals surface area contributed by atoms with Crippen molar-refractivity contribution in [1.82, 2.24) is 4.90 Å². The Morgan fingerprint density at radius 1 is 1.11 bits per heavy atom. The van der Waals surface area contributed by atoms with E-state index in [1.807, 2.05) is 0 Å². The summed E-state index contributed by atoms with van der Waals surface area (Å²) in [6.45, 7) is 7.07. The third-order valence-electron chi connectivity index (χ3n) is 5.38. The van der Waals surface area contributed by atoms with Crippen LogP contribution in [0.25, 0.3) is 0 Å². The molecular weight excluding hydrogens is 220 g/mol. The molecule has 1 saturated heterocycles. The Morgan fingerprint density at radius 3 is 2.56 bits per heavy atom. The van der Waals surface area contributed by atoms with Gasteiger partial charge >= 0.3 is 0 Å². The fourth-order valence-corrected chi connectivity index (χ4v) is 4.37. The lowest BCUT2D eigenvalue weighted by atomic mass is 9.79. The van der Waals surface area contributed by atoms with E-state index >= 15 is 0 Å². The maximum atomic E-state index is 6.45. The molecule has 2 heteroatoms. The molecule has 0 spiro atoms. The topological polar surface area (TPSA) is 29.3 Å². The van der Waals surface area contributed by atoms with Gasteiger partial charge in [-0.25, -0.2) is 0 Å². The summed E-state index contributed by atoms with van der Waals surface area (Å²) in [6.07, 6.45) is 10.8. The van der Waals surface area contributed by atoms with Crippen LogP contribution >= 0.6 is 0 Å². The monoisotopic (exact) mass is 252 g/mol. The third kappa shape index (κ3) is 2.91. The molecule has 0 radical (unpaired) electrons. The number of nitrogens with two attached hydrogens (primary N) is 1. The molecular formula is C16H32N2. The Hall–Kier alpha value is -0.0800. The van der Waals surface area contributed by atoms with E-state index in [9.17, 15) is 0 Å². The maximum absolute atomic E-state index is 6.45. The molecule has 0 bridgehead atoms. The highest BCUT2D eigenvalue weighted by molar-refractivity contribution is 4.96. The van der Waals surface area contributed by atoms with E-state index in [1.165, 1.54) is 51.4 Å². The fourth-order valence-electron chi connectivity index (χ4n) is 4.37. The molecule has 2 aliphatic rings. The Kier molecular flexibility index (Phi) is 5.08. The molecule has 0 amide bonds. The van der Waals surface area contributed by atoms with Crippen LogP contribution in [0.15, 0.2) is 0 Å². The zero-order valence-electron chi connectivity index (χ0n) is 12.6. The Labute approximate surface area is 113 Å². The first-order valence-electron chi connectivity index (χ1n) is 8.20. The molecule has 2 rings (SSSR count). The van der Waals surface area contributed by atoms with Crippen LogP contribution in [0, 0.1) is 5.92 Å². The van der Waals surface area contributed by atoms with Crippen LogP contribution in [0.3, 0.4) is 0 Å². The van der Waals surface area contributed by atoms with Crippen LogP contribution in [0.4, 0.5) is 0 Å². The molecule has 5 atom stereocenters. The Balaban J connectivity index is 2.04. The molecule has 0 aromatic heterocycles. The second-order valence-electron chi connectivity index (χ2n) is 6.63. The van der Waals surface area contributed by atoms with Gasteiger partial charge in [0.2, 0.25) is 0 Å². The molecule has 2 fully saturated rings. The minimum absolute atomic E-state index is 0.424. The van der Waals surface area contributed by atoms with E-state index in [2.05, 4.69) is 25.7 Å². The molecule has 2 nitrogen and oxygen atoms in total. The lowest BCUT2D eigenvalue weighted by Gasteiger charge is -2.44. The fraction of sp³-hybridized carbons (Fsp3) is 1.00. The van der Waals surface area contributed by atoms with Crippen molar-refractivity contribution in [2.75, 3.05) is 0 Å². The van der Waals surface area contributed by atoms with E-state index in [0.717, 1.165) is 18.0 Å². The van der Waals surface area contributed by atoms with Gasteiger partial charge in [0.25, 0.3) is 0 Å². The average Bonchev–Trinajstić information content (AvgIpc) is 2.73. The zero-order chi connectivity index (χ0) is 13.1. The van der Waals surface area contributed by atoms with Crippen molar-refractivity contribution in [2.24, 2.45) is 11.7 Å². The highest BCUT2D eigenvalue weighted by Crippen LogP contribution is 2.36. The first-order chi connectivity index (χ1) is 8.67. The standard InChI is InChI=1S/C16H32N2/c1-4-6-13-8-10-15(17)16(11-13)18-12(3)7-9-14(18)5-2/h12-16H,4-11,17H2,1-3H3. The van der Waals surface area contributed by atoms with Gasteiger partial charge in [0, 0.05) is 24.2 Å². The van der Waals surface area contributed by atoms with Crippen molar-refractivity contribution in [3.8, 4) is 0 Å². The van der Waals surface area contributed by atoms with Crippen molar-refractivity contribution in [3.63, 3.8) is 0 Å². The van der Waals surface area contributed by atoms with Gasteiger partial charge in [-0.05, 0) is 51.4 Å². The van der Waals surface area contributed by atoms with Crippen molar-refractivity contribution in [1.29, 1.82) is 0 Å². The van der Waals surface area contributed by atoms with Crippen molar-refractivity contribution in [2.45, 2.75) is 96.3 Å². The van der Waals surface area contributed by atoms with E-state index in [1.54, 1.807) is 0 Å². The van der Waals surface area contributed by atoms with Crippen molar-refractivity contribution in [3.05, 3.63) is 0 Å². The van der Waals surface area contributed by atoms with Gasteiger partial charge < -0.3 is 5.73 Å². The SMILES string of the molecule is CCCC1CCC(N)C(N2C(C)CCC2CC)C1. The Morgan fingerprint density at radius 2 is 1.89 bits per heavy atom. The molecule has 0 aromatic carbocycles.